The molecular weight excluding hydrogens is 296 g/mol. The van der Waals surface area contributed by atoms with E-state index in [9.17, 15) is 19.2 Å². The summed E-state index contributed by atoms with van der Waals surface area (Å²) in [7, 11) is 0. The van der Waals surface area contributed by atoms with Gasteiger partial charge in [-0.1, -0.05) is 6.58 Å². The van der Waals surface area contributed by atoms with Gasteiger partial charge in [-0.15, -0.1) is 0 Å². The van der Waals surface area contributed by atoms with Crippen molar-refractivity contribution in [3.8, 4) is 5.75 Å². The number of rotatable bonds is 7. The molecule has 2 N–H and O–H groups in total. The van der Waals surface area contributed by atoms with Gasteiger partial charge in [-0.25, -0.2) is 9.59 Å². The van der Waals surface area contributed by atoms with Crippen LogP contribution in [0.3, 0.4) is 0 Å². The van der Waals surface area contributed by atoms with E-state index in [1.807, 2.05) is 0 Å². The molecule has 0 heterocycles. The van der Waals surface area contributed by atoms with Crippen molar-refractivity contribution in [3.63, 3.8) is 0 Å². The lowest BCUT2D eigenvalue weighted by molar-refractivity contribution is -0.157. The summed E-state index contributed by atoms with van der Waals surface area (Å²) < 4.78 is 9.32. The molecule has 8 heteroatoms. The number of esters is 2. The quantitative estimate of drug-likeness (QED) is 0.326. The van der Waals surface area contributed by atoms with Crippen LogP contribution in [0.15, 0.2) is 36.9 Å². The highest BCUT2D eigenvalue weighted by molar-refractivity contribution is 5.95. The first-order chi connectivity index (χ1) is 10.3. The monoisotopic (exact) mass is 308 g/mol. The van der Waals surface area contributed by atoms with Gasteiger partial charge in [-0.05, 0) is 24.3 Å². The molecule has 1 atom stereocenters. The van der Waals surface area contributed by atoms with Crippen molar-refractivity contribution in [2.45, 2.75) is 0 Å². The first-order valence-corrected chi connectivity index (χ1v) is 5.92. The highest BCUT2D eigenvalue weighted by atomic mass is 16.6. The number of aromatic carboxylic acids is 1. The van der Waals surface area contributed by atoms with Crippen molar-refractivity contribution >= 4 is 23.9 Å². The Morgan fingerprint density at radius 1 is 1.14 bits per heavy atom. The van der Waals surface area contributed by atoms with Gasteiger partial charge in [0.2, 0.25) is 0 Å². The highest BCUT2D eigenvalue weighted by Crippen LogP contribution is 2.14. The zero-order valence-corrected chi connectivity index (χ0v) is 11.2. The lowest BCUT2D eigenvalue weighted by atomic mass is 10.1. The number of carboxylic acid groups (broad SMARTS) is 2. The molecule has 0 aromatic heterocycles. The number of carbonyl (C=O) groups is 4. The molecule has 1 unspecified atom stereocenters. The summed E-state index contributed by atoms with van der Waals surface area (Å²) in [6.45, 7) is 2.43. The molecule has 22 heavy (non-hydrogen) atoms. The summed E-state index contributed by atoms with van der Waals surface area (Å²) in [6.07, 6.45) is 0.828. The third-order valence-corrected chi connectivity index (χ3v) is 2.46. The predicted molar refractivity (Wildman–Crippen MR) is 71.3 cm³/mol. The Balaban J connectivity index is 2.74. The van der Waals surface area contributed by atoms with Gasteiger partial charge in [0.15, 0.2) is 5.92 Å². The van der Waals surface area contributed by atoms with Crippen molar-refractivity contribution in [1.82, 2.24) is 0 Å². The molecule has 0 saturated carbocycles. The summed E-state index contributed by atoms with van der Waals surface area (Å²) in [5, 5.41) is 17.7. The molecule has 116 valence electrons. The van der Waals surface area contributed by atoms with E-state index in [1.54, 1.807) is 0 Å². The Bertz CT molecular complexity index is 602. The summed E-state index contributed by atoms with van der Waals surface area (Å²) in [6, 6.07) is 4.79. The van der Waals surface area contributed by atoms with Gasteiger partial charge in [0, 0.05) is 6.08 Å². The maximum Gasteiger partial charge on any atom is 0.335 e. The number of carbonyl (C=O) groups excluding carboxylic acids is 2. The van der Waals surface area contributed by atoms with Crippen molar-refractivity contribution in [3.05, 3.63) is 42.5 Å². The van der Waals surface area contributed by atoms with Crippen molar-refractivity contribution in [2.24, 2.45) is 5.92 Å². The van der Waals surface area contributed by atoms with Crippen molar-refractivity contribution < 1.29 is 38.9 Å². The maximum atomic E-state index is 11.7. The van der Waals surface area contributed by atoms with Crippen LogP contribution in [0.1, 0.15) is 10.4 Å². The number of ether oxygens (including phenoxy) is 2. The van der Waals surface area contributed by atoms with E-state index in [0.717, 1.165) is 6.08 Å². The van der Waals surface area contributed by atoms with Crippen LogP contribution in [-0.4, -0.2) is 40.7 Å². The summed E-state index contributed by atoms with van der Waals surface area (Å²) in [5.41, 5.74) is -0.0190. The first kappa shape index (κ1) is 16.9. The Hall–Kier alpha value is -3.16. The number of hydrogen-bond acceptors (Lipinski definition) is 6. The third kappa shape index (κ3) is 4.75. The lowest BCUT2D eigenvalue weighted by Gasteiger charge is -2.11. The Labute approximate surface area is 124 Å². The second-order valence-electron chi connectivity index (χ2n) is 3.98. The van der Waals surface area contributed by atoms with Crippen LogP contribution in [0.2, 0.25) is 0 Å². The largest absolute Gasteiger partial charge is 0.481 e. The summed E-state index contributed by atoms with van der Waals surface area (Å²) in [4.78, 5) is 44.3. The number of benzene rings is 1. The molecule has 1 rings (SSSR count). The van der Waals surface area contributed by atoms with Crippen LogP contribution in [0.5, 0.6) is 5.75 Å². The van der Waals surface area contributed by atoms with Gasteiger partial charge < -0.3 is 19.7 Å². The topological polar surface area (TPSA) is 127 Å². The molecule has 8 nitrogen and oxygen atoms in total. The molecule has 1 aromatic rings. The van der Waals surface area contributed by atoms with E-state index in [1.165, 1.54) is 24.3 Å². The third-order valence-electron chi connectivity index (χ3n) is 2.46. The SMILES string of the molecule is C=CC(=O)OCC(C(=O)O)C(=O)Oc1ccc(C(=O)O)cc1. The van der Waals surface area contributed by atoms with Crippen LogP contribution in [0.4, 0.5) is 0 Å². The fraction of sp³-hybridized carbons (Fsp3) is 0.143. The van der Waals surface area contributed by atoms with Crippen molar-refractivity contribution in [1.29, 1.82) is 0 Å². The van der Waals surface area contributed by atoms with E-state index in [0.29, 0.717) is 0 Å². The second kappa shape index (κ2) is 7.58. The van der Waals surface area contributed by atoms with Gasteiger partial charge in [0.25, 0.3) is 0 Å². The van der Waals surface area contributed by atoms with E-state index in [4.69, 9.17) is 14.9 Å². The molecule has 0 spiro atoms. The molecule has 0 amide bonds. The molecule has 0 aliphatic carbocycles. The number of aliphatic carboxylic acids is 1. The Morgan fingerprint density at radius 3 is 2.18 bits per heavy atom. The standard InChI is InChI=1S/C14H12O8/c1-2-11(15)21-7-10(13(18)19)14(20)22-9-5-3-8(4-6-9)12(16)17/h2-6,10H,1,7H2,(H,16,17)(H,18,19). The Morgan fingerprint density at radius 2 is 1.73 bits per heavy atom. The molecule has 0 aliphatic heterocycles. The van der Waals surface area contributed by atoms with Crippen LogP contribution in [0, 0.1) is 5.92 Å². The lowest BCUT2D eigenvalue weighted by Crippen LogP contribution is -2.32. The van der Waals surface area contributed by atoms with Gasteiger partial charge in [-0.2, -0.15) is 0 Å². The van der Waals surface area contributed by atoms with Gasteiger partial charge >= 0.3 is 23.9 Å². The minimum atomic E-state index is -1.71. The van der Waals surface area contributed by atoms with Gasteiger partial charge in [-0.3, -0.25) is 9.59 Å². The van der Waals surface area contributed by atoms with Crippen molar-refractivity contribution in [2.75, 3.05) is 6.61 Å². The fourth-order valence-electron chi connectivity index (χ4n) is 1.32. The zero-order chi connectivity index (χ0) is 16.7. The van der Waals surface area contributed by atoms with Crippen LogP contribution in [-0.2, 0) is 19.1 Å². The van der Waals surface area contributed by atoms with E-state index >= 15 is 0 Å². The van der Waals surface area contributed by atoms with E-state index in [2.05, 4.69) is 11.3 Å². The smallest absolute Gasteiger partial charge is 0.335 e. The maximum absolute atomic E-state index is 11.7. The number of hydrogen-bond donors (Lipinski definition) is 2. The van der Waals surface area contributed by atoms with Gasteiger partial charge in [0.05, 0.1) is 5.56 Å². The zero-order valence-electron chi connectivity index (χ0n) is 11.2. The van der Waals surface area contributed by atoms with Crippen LogP contribution < -0.4 is 4.74 Å². The fourth-order valence-corrected chi connectivity index (χ4v) is 1.32. The average Bonchev–Trinajstić information content (AvgIpc) is 2.47. The van der Waals surface area contributed by atoms with Crippen LogP contribution in [0.25, 0.3) is 0 Å². The average molecular weight is 308 g/mol. The Kier molecular flexibility index (Phi) is 5.82. The minimum absolute atomic E-state index is 0.0190. The first-order valence-electron chi connectivity index (χ1n) is 5.92. The predicted octanol–water partition coefficient (Wildman–Crippen LogP) is 0.720. The molecule has 0 radical (unpaired) electrons. The molecule has 0 fully saturated rings. The molecule has 0 aliphatic rings. The summed E-state index contributed by atoms with van der Waals surface area (Å²) in [5.74, 6) is -6.43. The van der Waals surface area contributed by atoms with Gasteiger partial charge in [0.1, 0.15) is 12.4 Å². The minimum Gasteiger partial charge on any atom is -0.481 e. The summed E-state index contributed by atoms with van der Waals surface area (Å²) >= 11 is 0. The highest BCUT2D eigenvalue weighted by Gasteiger charge is 2.30. The number of carboxylic acids is 2. The normalized spacial score (nSPS) is 11.1. The van der Waals surface area contributed by atoms with E-state index in [-0.39, 0.29) is 11.3 Å². The molecule has 1 aromatic carbocycles. The molecule has 0 bridgehead atoms. The van der Waals surface area contributed by atoms with Crippen LogP contribution >= 0.6 is 0 Å². The molecular formula is C14H12O8. The second-order valence-corrected chi connectivity index (χ2v) is 3.98. The van der Waals surface area contributed by atoms with E-state index < -0.39 is 36.4 Å². The molecule has 0 saturated heterocycles.